The number of amides is 1. The normalized spacial score (nSPS) is 10.1. The minimum atomic E-state index is -0.378. The van der Waals surface area contributed by atoms with Gasteiger partial charge in [0.25, 0.3) is 11.5 Å². The van der Waals surface area contributed by atoms with E-state index in [-0.39, 0.29) is 23.7 Å². The number of carbonyl (C=O) groups excluding carboxylic acids is 1. The van der Waals surface area contributed by atoms with Gasteiger partial charge in [0.2, 0.25) is 0 Å². The SMILES string of the molecule is C#CCNC(=O)c1nn(CC)c(=O)c2ccccc12. The maximum atomic E-state index is 12.1. The molecule has 0 aliphatic rings. The van der Waals surface area contributed by atoms with Gasteiger partial charge in [0, 0.05) is 11.9 Å². The first-order valence-electron chi connectivity index (χ1n) is 5.90. The third-order valence-corrected chi connectivity index (χ3v) is 2.73. The molecule has 0 aliphatic carbocycles. The minimum absolute atomic E-state index is 0.125. The van der Waals surface area contributed by atoms with Gasteiger partial charge < -0.3 is 5.32 Å². The molecular weight excluding hydrogens is 242 g/mol. The van der Waals surface area contributed by atoms with E-state index in [4.69, 9.17) is 6.42 Å². The Balaban J connectivity index is 2.67. The largest absolute Gasteiger partial charge is 0.340 e. The Labute approximate surface area is 110 Å². The number of fused-ring (bicyclic) bond motifs is 1. The Morgan fingerprint density at radius 3 is 2.74 bits per heavy atom. The average molecular weight is 255 g/mol. The van der Waals surface area contributed by atoms with Crippen LogP contribution in [0.3, 0.4) is 0 Å². The average Bonchev–Trinajstić information content (AvgIpc) is 2.45. The van der Waals surface area contributed by atoms with Crippen LogP contribution in [0.15, 0.2) is 29.1 Å². The molecule has 96 valence electrons. The summed E-state index contributed by atoms with van der Waals surface area (Å²) >= 11 is 0. The molecule has 0 bridgehead atoms. The number of aryl methyl sites for hydroxylation is 1. The molecule has 1 aromatic carbocycles. The quantitative estimate of drug-likeness (QED) is 0.824. The van der Waals surface area contributed by atoms with E-state index in [1.165, 1.54) is 4.68 Å². The fourth-order valence-corrected chi connectivity index (χ4v) is 1.83. The smallest absolute Gasteiger partial charge is 0.274 e. The second-order valence-electron chi connectivity index (χ2n) is 3.90. The van der Waals surface area contributed by atoms with Crippen molar-refractivity contribution < 1.29 is 4.79 Å². The van der Waals surface area contributed by atoms with Crippen LogP contribution in [0.5, 0.6) is 0 Å². The number of hydrogen-bond donors (Lipinski definition) is 1. The Bertz CT molecular complexity index is 726. The molecular formula is C14H13N3O2. The number of carbonyl (C=O) groups is 1. The van der Waals surface area contributed by atoms with E-state index in [2.05, 4.69) is 16.3 Å². The molecule has 1 N–H and O–H groups in total. The lowest BCUT2D eigenvalue weighted by Crippen LogP contribution is -2.30. The summed E-state index contributed by atoms with van der Waals surface area (Å²) in [4.78, 5) is 24.1. The van der Waals surface area contributed by atoms with Crippen LogP contribution < -0.4 is 10.9 Å². The van der Waals surface area contributed by atoms with Gasteiger partial charge in [0.1, 0.15) is 0 Å². The number of aromatic nitrogens is 2. The topological polar surface area (TPSA) is 64.0 Å². The Morgan fingerprint density at radius 2 is 2.11 bits per heavy atom. The van der Waals surface area contributed by atoms with Gasteiger partial charge in [-0.15, -0.1) is 6.42 Å². The predicted octanol–water partition coefficient (Wildman–Crippen LogP) is 0.779. The number of hydrogen-bond acceptors (Lipinski definition) is 3. The maximum Gasteiger partial charge on any atom is 0.274 e. The van der Waals surface area contributed by atoms with Crippen LogP contribution in [-0.2, 0) is 6.54 Å². The van der Waals surface area contributed by atoms with Gasteiger partial charge in [-0.05, 0) is 13.0 Å². The van der Waals surface area contributed by atoms with Gasteiger partial charge in [-0.25, -0.2) is 4.68 Å². The lowest BCUT2D eigenvalue weighted by Gasteiger charge is -2.08. The molecule has 5 heteroatoms. The highest BCUT2D eigenvalue weighted by Crippen LogP contribution is 2.12. The standard InChI is InChI=1S/C14H13N3O2/c1-3-9-15-13(18)12-10-7-5-6-8-11(10)14(19)17(4-2)16-12/h1,5-8H,4,9H2,2H3,(H,15,18). The molecule has 0 radical (unpaired) electrons. The van der Waals surface area contributed by atoms with Crippen LogP contribution in [0.1, 0.15) is 17.4 Å². The highest BCUT2D eigenvalue weighted by molar-refractivity contribution is 6.04. The monoisotopic (exact) mass is 255 g/mol. The minimum Gasteiger partial charge on any atom is -0.340 e. The number of nitrogens with zero attached hydrogens (tertiary/aromatic N) is 2. The van der Waals surface area contributed by atoms with Gasteiger partial charge >= 0.3 is 0 Å². The van der Waals surface area contributed by atoms with Crippen LogP contribution in [0.2, 0.25) is 0 Å². The Morgan fingerprint density at radius 1 is 1.42 bits per heavy atom. The van der Waals surface area contributed by atoms with Crippen molar-refractivity contribution in [2.24, 2.45) is 0 Å². The first-order chi connectivity index (χ1) is 9.19. The molecule has 1 heterocycles. The fraction of sp³-hybridized carbons (Fsp3) is 0.214. The van der Waals surface area contributed by atoms with Crippen molar-refractivity contribution >= 4 is 16.7 Å². The van der Waals surface area contributed by atoms with Crippen molar-refractivity contribution in [1.29, 1.82) is 0 Å². The van der Waals surface area contributed by atoms with Gasteiger partial charge in [-0.3, -0.25) is 9.59 Å². The molecule has 0 saturated heterocycles. The van der Waals surface area contributed by atoms with Crippen LogP contribution in [0, 0.1) is 12.3 Å². The molecule has 0 fully saturated rings. The molecule has 1 aromatic heterocycles. The lowest BCUT2D eigenvalue weighted by atomic mass is 10.1. The third-order valence-electron chi connectivity index (χ3n) is 2.73. The van der Waals surface area contributed by atoms with Crippen molar-refractivity contribution in [3.63, 3.8) is 0 Å². The first kappa shape index (κ1) is 12.8. The summed E-state index contributed by atoms with van der Waals surface area (Å²) < 4.78 is 1.27. The predicted molar refractivity (Wildman–Crippen MR) is 72.8 cm³/mol. The van der Waals surface area contributed by atoms with Crippen molar-refractivity contribution in [1.82, 2.24) is 15.1 Å². The van der Waals surface area contributed by atoms with Crippen LogP contribution in [-0.4, -0.2) is 22.2 Å². The van der Waals surface area contributed by atoms with Crippen molar-refractivity contribution in [3.05, 3.63) is 40.3 Å². The number of nitrogens with one attached hydrogen (secondary N) is 1. The number of rotatable bonds is 3. The van der Waals surface area contributed by atoms with Crippen LogP contribution >= 0.6 is 0 Å². The molecule has 0 unspecified atom stereocenters. The lowest BCUT2D eigenvalue weighted by molar-refractivity contribution is 0.0953. The molecule has 2 aromatic rings. The summed E-state index contributed by atoms with van der Waals surface area (Å²) in [7, 11) is 0. The first-order valence-corrected chi connectivity index (χ1v) is 5.90. The van der Waals surface area contributed by atoms with E-state index < -0.39 is 0 Å². The van der Waals surface area contributed by atoms with E-state index >= 15 is 0 Å². The molecule has 0 saturated carbocycles. The zero-order chi connectivity index (χ0) is 13.8. The summed E-state index contributed by atoms with van der Waals surface area (Å²) in [5, 5.41) is 7.66. The second-order valence-corrected chi connectivity index (χ2v) is 3.90. The zero-order valence-corrected chi connectivity index (χ0v) is 10.5. The van der Waals surface area contributed by atoms with Gasteiger partial charge in [0.15, 0.2) is 5.69 Å². The summed E-state index contributed by atoms with van der Waals surface area (Å²) in [5.41, 5.74) is 0.0129. The third kappa shape index (κ3) is 2.33. The summed E-state index contributed by atoms with van der Waals surface area (Å²) in [6, 6.07) is 6.91. The molecule has 0 spiro atoms. The van der Waals surface area contributed by atoms with E-state index in [0.717, 1.165) is 0 Å². The van der Waals surface area contributed by atoms with E-state index in [0.29, 0.717) is 17.3 Å². The van der Waals surface area contributed by atoms with E-state index in [9.17, 15) is 9.59 Å². The highest BCUT2D eigenvalue weighted by atomic mass is 16.2. The zero-order valence-electron chi connectivity index (χ0n) is 10.5. The Kier molecular flexibility index (Phi) is 3.62. The van der Waals surface area contributed by atoms with Crippen molar-refractivity contribution in [2.45, 2.75) is 13.5 Å². The van der Waals surface area contributed by atoms with E-state index in [1.807, 2.05) is 0 Å². The summed E-state index contributed by atoms with van der Waals surface area (Å²) in [6.45, 7) is 2.32. The fourth-order valence-electron chi connectivity index (χ4n) is 1.83. The second kappa shape index (κ2) is 5.36. The van der Waals surface area contributed by atoms with Crippen molar-refractivity contribution in [2.75, 3.05) is 6.54 Å². The molecule has 2 rings (SSSR count). The molecule has 5 nitrogen and oxygen atoms in total. The van der Waals surface area contributed by atoms with Crippen LogP contribution in [0.4, 0.5) is 0 Å². The molecule has 1 amide bonds. The van der Waals surface area contributed by atoms with Gasteiger partial charge in [-0.2, -0.15) is 5.10 Å². The molecule has 0 atom stereocenters. The van der Waals surface area contributed by atoms with Gasteiger partial charge in [0.05, 0.1) is 11.9 Å². The summed E-state index contributed by atoms with van der Waals surface area (Å²) in [5.74, 6) is 1.95. The number of terminal acetylenes is 1. The van der Waals surface area contributed by atoms with Crippen LogP contribution in [0.25, 0.3) is 10.8 Å². The van der Waals surface area contributed by atoms with Crippen molar-refractivity contribution in [3.8, 4) is 12.3 Å². The molecule has 19 heavy (non-hydrogen) atoms. The Hall–Kier alpha value is -2.61. The highest BCUT2D eigenvalue weighted by Gasteiger charge is 2.15. The van der Waals surface area contributed by atoms with E-state index in [1.54, 1.807) is 31.2 Å². The number of benzene rings is 1. The maximum absolute atomic E-state index is 12.1. The molecule has 0 aliphatic heterocycles. The van der Waals surface area contributed by atoms with Gasteiger partial charge in [-0.1, -0.05) is 24.1 Å². The summed E-state index contributed by atoms with van der Waals surface area (Å²) in [6.07, 6.45) is 5.11.